The third-order valence-corrected chi connectivity index (χ3v) is 7.00. The minimum Gasteiger partial charge on any atom is -0.444 e. The Bertz CT molecular complexity index is 1420. The number of aromatic nitrogens is 4. The van der Waals surface area contributed by atoms with Crippen LogP contribution in [0.4, 0.5) is 4.79 Å². The van der Waals surface area contributed by atoms with Gasteiger partial charge in [0, 0.05) is 29.5 Å². The zero-order valence-corrected chi connectivity index (χ0v) is 22.2. The fraction of sp³-hybridized carbons (Fsp3) is 0.393. The molecule has 36 heavy (non-hydrogen) atoms. The second-order valence-electron chi connectivity index (χ2n) is 10.2. The van der Waals surface area contributed by atoms with E-state index in [1.807, 2.05) is 32.9 Å². The molecule has 0 radical (unpaired) electrons. The Morgan fingerprint density at radius 3 is 2.53 bits per heavy atom. The topological polar surface area (TPSA) is 76.0 Å². The number of ether oxygens (including phenoxy) is 1. The Balaban J connectivity index is 1.75. The molecular formula is C28H32ClN5O2. The maximum absolute atomic E-state index is 13.0. The summed E-state index contributed by atoms with van der Waals surface area (Å²) in [5.74, 6) is 0. The molecule has 5 rings (SSSR count). The highest BCUT2D eigenvalue weighted by atomic mass is 35.5. The van der Waals surface area contributed by atoms with E-state index in [9.17, 15) is 4.79 Å². The van der Waals surface area contributed by atoms with Crippen LogP contribution in [0, 0.1) is 0 Å². The molecule has 0 fully saturated rings. The Labute approximate surface area is 216 Å². The molecule has 0 unspecified atom stereocenters. The van der Waals surface area contributed by atoms with E-state index in [0.717, 1.165) is 51.9 Å². The highest BCUT2D eigenvalue weighted by Gasteiger charge is 2.32. The summed E-state index contributed by atoms with van der Waals surface area (Å²) in [7, 11) is 0. The second-order valence-corrected chi connectivity index (χ2v) is 10.6. The number of benzene rings is 2. The summed E-state index contributed by atoms with van der Waals surface area (Å²) in [6.07, 6.45) is 3.94. The maximum Gasteiger partial charge on any atom is 0.410 e. The number of aryl methyl sites for hydroxylation is 2. The third-order valence-electron chi connectivity index (χ3n) is 6.68. The average molecular weight is 506 g/mol. The number of carbonyl (C=O) groups excluding carboxylic acids is 1. The van der Waals surface area contributed by atoms with Gasteiger partial charge in [-0.15, -0.1) is 0 Å². The molecule has 188 valence electrons. The van der Waals surface area contributed by atoms with Gasteiger partial charge in [0.25, 0.3) is 0 Å². The van der Waals surface area contributed by atoms with Crippen LogP contribution < -0.4 is 0 Å². The van der Waals surface area contributed by atoms with Crippen molar-refractivity contribution in [2.75, 3.05) is 6.54 Å². The number of nitrogens with zero attached hydrogens (tertiary/aromatic N) is 4. The number of amides is 1. The number of halogens is 1. The van der Waals surface area contributed by atoms with Gasteiger partial charge < -0.3 is 9.64 Å². The van der Waals surface area contributed by atoms with Crippen LogP contribution >= 0.6 is 11.6 Å². The molecule has 1 aliphatic heterocycles. The van der Waals surface area contributed by atoms with E-state index in [1.165, 1.54) is 11.1 Å². The summed E-state index contributed by atoms with van der Waals surface area (Å²) in [6.45, 7) is 11.0. The third kappa shape index (κ3) is 4.26. The lowest BCUT2D eigenvalue weighted by Crippen LogP contribution is -2.39. The van der Waals surface area contributed by atoms with Crippen molar-refractivity contribution in [3.63, 3.8) is 0 Å². The van der Waals surface area contributed by atoms with Gasteiger partial charge in [-0.2, -0.15) is 10.2 Å². The molecule has 1 N–H and O–H groups in total. The summed E-state index contributed by atoms with van der Waals surface area (Å²) >= 11 is 6.49. The van der Waals surface area contributed by atoms with Crippen LogP contribution in [0.2, 0.25) is 5.02 Å². The highest BCUT2D eigenvalue weighted by molar-refractivity contribution is 6.35. The van der Waals surface area contributed by atoms with Gasteiger partial charge in [-0.05, 0) is 50.8 Å². The largest absolute Gasteiger partial charge is 0.444 e. The molecule has 8 heteroatoms. The molecule has 2 aromatic heterocycles. The number of hydrogen-bond acceptors (Lipinski definition) is 4. The van der Waals surface area contributed by atoms with Gasteiger partial charge in [0.2, 0.25) is 0 Å². The standard InChI is InChI=1S/C28H32ClN5O2/c1-6-17-9-8-10-18(7-2)25(17)34-26(19-11-12-22(29)24-20(19)15-30-31-24)21-16-33(14-13-23(21)32-34)27(35)36-28(3,4)5/h8-12,15H,6-7,13-14,16H2,1-5H3,(H,30,31). The van der Waals surface area contributed by atoms with Crippen LogP contribution in [0.1, 0.15) is 57.0 Å². The number of H-pyrrole nitrogens is 1. The number of aromatic amines is 1. The van der Waals surface area contributed by atoms with Crippen LogP contribution in [0.3, 0.4) is 0 Å². The van der Waals surface area contributed by atoms with E-state index in [4.69, 9.17) is 21.4 Å². The molecule has 0 bridgehead atoms. The number of rotatable bonds is 4. The van der Waals surface area contributed by atoms with Crippen LogP contribution in [0.15, 0.2) is 36.5 Å². The van der Waals surface area contributed by atoms with Crippen LogP contribution in [-0.4, -0.2) is 43.1 Å². The van der Waals surface area contributed by atoms with Crippen molar-refractivity contribution in [2.45, 2.75) is 66.0 Å². The van der Waals surface area contributed by atoms with E-state index in [1.54, 1.807) is 11.1 Å². The Kier molecular flexibility index (Phi) is 6.29. The van der Waals surface area contributed by atoms with Crippen molar-refractivity contribution in [3.05, 3.63) is 63.9 Å². The minimum absolute atomic E-state index is 0.306. The Morgan fingerprint density at radius 2 is 1.86 bits per heavy atom. The normalized spacial score (nSPS) is 13.8. The fourth-order valence-electron chi connectivity index (χ4n) is 4.99. The number of nitrogens with one attached hydrogen (secondary N) is 1. The maximum atomic E-state index is 13.0. The van der Waals surface area contributed by atoms with Gasteiger partial charge in [0.1, 0.15) is 5.60 Å². The van der Waals surface area contributed by atoms with E-state index in [-0.39, 0.29) is 6.09 Å². The van der Waals surface area contributed by atoms with Crippen molar-refractivity contribution in [2.24, 2.45) is 0 Å². The lowest BCUT2D eigenvalue weighted by molar-refractivity contribution is 0.0224. The molecule has 0 spiro atoms. The van der Waals surface area contributed by atoms with Crippen LogP contribution in [0.5, 0.6) is 0 Å². The van der Waals surface area contributed by atoms with Crippen molar-refractivity contribution in [1.29, 1.82) is 0 Å². The van der Waals surface area contributed by atoms with Crippen LogP contribution in [0.25, 0.3) is 27.8 Å². The summed E-state index contributed by atoms with van der Waals surface area (Å²) in [5, 5.41) is 14.0. The zero-order valence-electron chi connectivity index (χ0n) is 21.5. The van der Waals surface area contributed by atoms with Crippen molar-refractivity contribution >= 4 is 28.6 Å². The van der Waals surface area contributed by atoms with E-state index < -0.39 is 5.60 Å². The van der Waals surface area contributed by atoms with E-state index in [0.29, 0.717) is 24.5 Å². The smallest absolute Gasteiger partial charge is 0.410 e. The Morgan fingerprint density at radius 1 is 1.14 bits per heavy atom. The summed E-state index contributed by atoms with van der Waals surface area (Å²) in [6, 6.07) is 10.4. The average Bonchev–Trinajstić information content (AvgIpc) is 3.48. The minimum atomic E-state index is -0.556. The monoisotopic (exact) mass is 505 g/mol. The van der Waals surface area contributed by atoms with E-state index in [2.05, 4.69) is 46.9 Å². The molecule has 1 aliphatic rings. The molecule has 7 nitrogen and oxygen atoms in total. The number of fused-ring (bicyclic) bond motifs is 2. The van der Waals surface area contributed by atoms with Crippen LogP contribution in [-0.2, 0) is 30.5 Å². The molecule has 2 aromatic carbocycles. The van der Waals surface area contributed by atoms with Gasteiger partial charge in [-0.1, -0.05) is 49.7 Å². The van der Waals surface area contributed by atoms with Gasteiger partial charge in [-0.25, -0.2) is 9.48 Å². The predicted molar refractivity (Wildman–Crippen MR) is 143 cm³/mol. The highest BCUT2D eigenvalue weighted by Crippen LogP contribution is 2.39. The molecule has 4 aromatic rings. The van der Waals surface area contributed by atoms with Gasteiger partial charge in [0.05, 0.1) is 40.4 Å². The van der Waals surface area contributed by atoms with Gasteiger partial charge >= 0.3 is 6.09 Å². The first-order valence-electron chi connectivity index (χ1n) is 12.5. The second kappa shape index (κ2) is 9.28. The van der Waals surface area contributed by atoms with E-state index >= 15 is 0 Å². The first kappa shape index (κ1) is 24.4. The van der Waals surface area contributed by atoms with Crippen molar-refractivity contribution in [1.82, 2.24) is 24.9 Å². The summed E-state index contributed by atoms with van der Waals surface area (Å²) < 4.78 is 7.80. The molecule has 0 atom stereocenters. The molecule has 0 aliphatic carbocycles. The van der Waals surface area contributed by atoms with Crippen molar-refractivity contribution in [3.8, 4) is 16.9 Å². The quantitative estimate of drug-likeness (QED) is 0.344. The summed E-state index contributed by atoms with van der Waals surface area (Å²) in [5.41, 5.74) is 7.80. The molecule has 0 saturated carbocycles. The van der Waals surface area contributed by atoms with Gasteiger partial charge in [0.15, 0.2) is 0 Å². The number of hydrogen-bond donors (Lipinski definition) is 1. The molecule has 3 heterocycles. The molecule has 0 saturated heterocycles. The predicted octanol–water partition coefficient (Wildman–Crippen LogP) is 6.49. The SMILES string of the molecule is CCc1cccc(CC)c1-n1nc2c(c1-c1ccc(Cl)c3[nH]ncc13)CN(C(=O)OC(C)(C)C)CC2. The molecular weight excluding hydrogens is 474 g/mol. The number of carbonyl (C=O) groups is 1. The zero-order chi connectivity index (χ0) is 25.6. The van der Waals surface area contributed by atoms with Crippen molar-refractivity contribution < 1.29 is 9.53 Å². The Hall–Kier alpha value is -3.32. The van der Waals surface area contributed by atoms with Gasteiger partial charge in [-0.3, -0.25) is 5.10 Å². The lowest BCUT2D eigenvalue weighted by Gasteiger charge is -2.30. The first-order chi connectivity index (χ1) is 17.2. The number of para-hydroxylation sites is 1. The summed E-state index contributed by atoms with van der Waals surface area (Å²) in [4.78, 5) is 14.8. The lowest BCUT2D eigenvalue weighted by atomic mass is 9.97. The first-order valence-corrected chi connectivity index (χ1v) is 12.9. The molecule has 1 amide bonds. The fourth-order valence-corrected chi connectivity index (χ4v) is 5.20.